The number of aromatic nitrogens is 2. The molecule has 0 radical (unpaired) electrons. The highest BCUT2D eigenvalue weighted by Crippen LogP contribution is 2.30. The summed E-state index contributed by atoms with van der Waals surface area (Å²) in [6.07, 6.45) is 4.13. The Morgan fingerprint density at radius 3 is 2.46 bits per heavy atom. The van der Waals surface area contributed by atoms with Gasteiger partial charge in [0.2, 0.25) is 0 Å². The number of fused-ring (bicyclic) bond motifs is 1. The fraction of sp³-hybridized carbons (Fsp3) is 0.367. The first-order valence-electron chi connectivity index (χ1n) is 13.0. The molecule has 2 aromatic heterocycles. The second-order valence-electron chi connectivity index (χ2n) is 10.2. The Balaban J connectivity index is 1.47. The lowest BCUT2D eigenvalue weighted by Crippen LogP contribution is -2.40. The average molecular weight is 518 g/mol. The molecule has 0 atom stereocenters. The predicted molar refractivity (Wildman–Crippen MR) is 151 cm³/mol. The Bertz CT molecular complexity index is 1480. The lowest BCUT2D eigenvalue weighted by Gasteiger charge is -2.26. The van der Waals surface area contributed by atoms with Crippen molar-refractivity contribution in [3.63, 3.8) is 0 Å². The number of ether oxygens (including phenoxy) is 1. The highest BCUT2D eigenvalue weighted by Gasteiger charge is 2.21. The summed E-state index contributed by atoms with van der Waals surface area (Å²) in [6.45, 7) is 6.61. The Kier molecular flexibility index (Phi) is 7.36. The van der Waals surface area contributed by atoms with Crippen molar-refractivity contribution in [3.05, 3.63) is 78.0 Å². The van der Waals surface area contributed by atoms with Crippen molar-refractivity contribution in [2.75, 3.05) is 38.2 Å². The first-order chi connectivity index (χ1) is 17.8. The number of hydrogen-bond donors (Lipinski definition) is 0. The van der Waals surface area contributed by atoms with Crippen molar-refractivity contribution in [2.24, 2.45) is 0 Å². The Morgan fingerprint density at radius 2 is 1.76 bits per heavy atom. The monoisotopic (exact) mass is 517 g/mol. The summed E-state index contributed by atoms with van der Waals surface area (Å²) in [5, 5.41) is 1.16. The standard InChI is InChI=1S/C30H35N3O3S/c1-22(2)24-6-4-8-26(20-24)33-21-25(7-5-15-32-16-18-37(34,35)19-17-32)28-13-14-29(31-30(28)33)23-9-11-27(36-3)12-10-23/h4,6,8-14,20-22H,5,7,15-19H2,1-3H3. The molecule has 0 spiro atoms. The molecule has 1 fully saturated rings. The van der Waals surface area contributed by atoms with Gasteiger partial charge in [0.05, 0.1) is 24.3 Å². The maximum Gasteiger partial charge on any atom is 0.152 e. The highest BCUT2D eigenvalue weighted by atomic mass is 32.2. The second-order valence-corrected chi connectivity index (χ2v) is 12.5. The number of sulfone groups is 1. The summed E-state index contributed by atoms with van der Waals surface area (Å²) in [5.41, 5.74) is 6.61. The molecule has 1 aliphatic heterocycles. The second kappa shape index (κ2) is 10.7. The summed E-state index contributed by atoms with van der Waals surface area (Å²) in [6, 6.07) is 21.0. The van der Waals surface area contributed by atoms with Crippen LogP contribution in [0.5, 0.6) is 5.75 Å². The van der Waals surface area contributed by atoms with Gasteiger partial charge in [-0.3, -0.25) is 0 Å². The zero-order valence-corrected chi connectivity index (χ0v) is 22.7. The number of aryl methyl sites for hydroxylation is 1. The molecule has 0 unspecified atom stereocenters. The van der Waals surface area contributed by atoms with Crippen LogP contribution in [0.1, 0.15) is 37.3 Å². The van der Waals surface area contributed by atoms with E-state index in [0.29, 0.717) is 19.0 Å². The minimum absolute atomic E-state index is 0.274. The third kappa shape index (κ3) is 5.73. The predicted octanol–water partition coefficient (Wildman–Crippen LogP) is 5.49. The molecule has 0 aliphatic carbocycles. The van der Waals surface area contributed by atoms with Crippen LogP contribution in [-0.4, -0.2) is 61.1 Å². The van der Waals surface area contributed by atoms with Crippen molar-refractivity contribution in [3.8, 4) is 22.7 Å². The molecule has 194 valence electrons. The summed E-state index contributed by atoms with van der Waals surface area (Å²) >= 11 is 0. The molecule has 0 saturated carbocycles. The first-order valence-corrected chi connectivity index (χ1v) is 14.8. The van der Waals surface area contributed by atoms with E-state index in [-0.39, 0.29) is 11.5 Å². The molecule has 1 aliphatic rings. The molecule has 6 nitrogen and oxygen atoms in total. The summed E-state index contributed by atoms with van der Waals surface area (Å²) in [7, 11) is -1.18. The normalized spacial score (nSPS) is 15.9. The Labute approximate surface area is 219 Å². The number of pyridine rings is 1. The van der Waals surface area contributed by atoms with E-state index >= 15 is 0 Å². The van der Waals surface area contributed by atoms with Crippen LogP contribution in [0.3, 0.4) is 0 Å². The fourth-order valence-corrected chi connectivity index (χ4v) is 6.27. The highest BCUT2D eigenvalue weighted by molar-refractivity contribution is 7.91. The molecular weight excluding hydrogens is 482 g/mol. The number of methoxy groups -OCH3 is 1. The van der Waals surface area contributed by atoms with Crippen LogP contribution in [0, 0.1) is 0 Å². The lowest BCUT2D eigenvalue weighted by molar-refractivity contribution is 0.292. The number of rotatable bonds is 8. The third-order valence-corrected chi connectivity index (χ3v) is 8.90. The van der Waals surface area contributed by atoms with Gasteiger partial charge < -0.3 is 14.2 Å². The van der Waals surface area contributed by atoms with Crippen LogP contribution in [0.15, 0.2) is 66.9 Å². The van der Waals surface area contributed by atoms with Crippen LogP contribution in [-0.2, 0) is 16.3 Å². The smallest absolute Gasteiger partial charge is 0.152 e. The van der Waals surface area contributed by atoms with E-state index in [4.69, 9.17) is 9.72 Å². The van der Waals surface area contributed by atoms with Crippen LogP contribution < -0.4 is 4.74 Å². The number of benzene rings is 2. The molecule has 4 aromatic rings. The molecule has 0 bridgehead atoms. The molecule has 7 heteroatoms. The SMILES string of the molecule is COc1ccc(-c2ccc3c(CCCN4CCS(=O)(=O)CC4)cn(-c4cccc(C(C)C)c4)c3n2)cc1. The topological polar surface area (TPSA) is 64.4 Å². The van der Waals surface area contributed by atoms with E-state index in [9.17, 15) is 8.42 Å². The lowest BCUT2D eigenvalue weighted by atomic mass is 10.0. The Hall–Kier alpha value is -3.16. The van der Waals surface area contributed by atoms with Crippen molar-refractivity contribution in [1.29, 1.82) is 0 Å². The van der Waals surface area contributed by atoms with Crippen LogP contribution in [0.4, 0.5) is 0 Å². The van der Waals surface area contributed by atoms with Gasteiger partial charge in [0, 0.05) is 35.9 Å². The van der Waals surface area contributed by atoms with Gasteiger partial charge in [0.25, 0.3) is 0 Å². The number of hydrogen-bond acceptors (Lipinski definition) is 5. The van der Waals surface area contributed by atoms with Crippen molar-refractivity contribution in [2.45, 2.75) is 32.6 Å². The molecule has 37 heavy (non-hydrogen) atoms. The summed E-state index contributed by atoms with van der Waals surface area (Å²) < 4.78 is 31.1. The van der Waals surface area contributed by atoms with Crippen molar-refractivity contribution >= 4 is 20.9 Å². The van der Waals surface area contributed by atoms with E-state index in [2.05, 4.69) is 65.9 Å². The van der Waals surface area contributed by atoms with Gasteiger partial charge >= 0.3 is 0 Å². The molecule has 0 N–H and O–H groups in total. The molecule has 1 saturated heterocycles. The van der Waals surface area contributed by atoms with E-state index in [1.807, 2.05) is 24.3 Å². The largest absolute Gasteiger partial charge is 0.497 e. The zero-order chi connectivity index (χ0) is 26.0. The third-order valence-electron chi connectivity index (χ3n) is 7.29. The molecule has 0 amide bonds. The van der Waals surface area contributed by atoms with Crippen LogP contribution in [0.25, 0.3) is 28.0 Å². The van der Waals surface area contributed by atoms with Gasteiger partial charge in [-0.25, -0.2) is 13.4 Å². The van der Waals surface area contributed by atoms with Crippen molar-refractivity contribution < 1.29 is 13.2 Å². The first kappa shape index (κ1) is 25.5. The van der Waals surface area contributed by atoms with Gasteiger partial charge in [-0.2, -0.15) is 0 Å². The van der Waals surface area contributed by atoms with Crippen LogP contribution >= 0.6 is 0 Å². The fourth-order valence-electron chi connectivity index (χ4n) is 4.99. The van der Waals surface area contributed by atoms with Crippen molar-refractivity contribution in [1.82, 2.24) is 14.5 Å². The number of nitrogens with zero attached hydrogens (tertiary/aromatic N) is 3. The molecule has 3 heterocycles. The van der Waals surface area contributed by atoms with E-state index in [1.54, 1.807) is 7.11 Å². The van der Waals surface area contributed by atoms with E-state index < -0.39 is 9.84 Å². The summed E-state index contributed by atoms with van der Waals surface area (Å²) in [4.78, 5) is 7.40. The van der Waals surface area contributed by atoms with Gasteiger partial charge in [0.1, 0.15) is 11.4 Å². The molecule has 5 rings (SSSR count). The zero-order valence-electron chi connectivity index (χ0n) is 21.9. The van der Waals surface area contributed by atoms with E-state index in [0.717, 1.165) is 53.1 Å². The molecule has 2 aromatic carbocycles. The van der Waals surface area contributed by atoms with Gasteiger partial charge in [-0.05, 0) is 85.0 Å². The van der Waals surface area contributed by atoms with E-state index in [1.165, 1.54) is 11.1 Å². The maximum atomic E-state index is 11.8. The quantitative estimate of drug-likeness (QED) is 0.309. The van der Waals surface area contributed by atoms with Crippen LogP contribution in [0.2, 0.25) is 0 Å². The maximum absolute atomic E-state index is 11.8. The van der Waals surface area contributed by atoms with Gasteiger partial charge in [-0.1, -0.05) is 26.0 Å². The van der Waals surface area contributed by atoms with Gasteiger partial charge in [0.15, 0.2) is 9.84 Å². The Morgan fingerprint density at radius 1 is 1.00 bits per heavy atom. The van der Waals surface area contributed by atoms with Gasteiger partial charge in [-0.15, -0.1) is 0 Å². The summed E-state index contributed by atoms with van der Waals surface area (Å²) in [5.74, 6) is 1.82. The minimum atomic E-state index is -2.85. The minimum Gasteiger partial charge on any atom is -0.497 e. The molecular formula is C30H35N3O3S. The average Bonchev–Trinajstić information content (AvgIpc) is 3.27.